The number of carbonyl (C=O) groups is 1. The summed E-state index contributed by atoms with van der Waals surface area (Å²) in [6.45, 7) is 7.44. The highest BCUT2D eigenvalue weighted by Gasteiger charge is 2.28. The number of likely N-dealkylation sites (tertiary alicyclic amines) is 1. The predicted octanol–water partition coefficient (Wildman–Crippen LogP) is 5.24. The van der Waals surface area contributed by atoms with E-state index in [1.807, 2.05) is 31.7 Å². The van der Waals surface area contributed by atoms with Crippen molar-refractivity contribution in [1.82, 2.24) is 19.9 Å². The largest absolute Gasteiger partial charge is 0.342 e. The zero-order valence-corrected chi connectivity index (χ0v) is 21.3. The molecule has 9 heteroatoms. The highest BCUT2D eigenvalue weighted by Crippen LogP contribution is 2.34. The number of piperidine rings is 1. The summed E-state index contributed by atoms with van der Waals surface area (Å²) in [5.74, 6) is 1.73. The van der Waals surface area contributed by atoms with Gasteiger partial charge in [0.25, 0.3) is 5.56 Å². The number of nitrogens with one attached hydrogen (secondary N) is 1. The van der Waals surface area contributed by atoms with Crippen LogP contribution in [-0.4, -0.2) is 44.1 Å². The van der Waals surface area contributed by atoms with Gasteiger partial charge in [-0.1, -0.05) is 12.1 Å². The first-order valence-electron chi connectivity index (χ1n) is 11.2. The lowest BCUT2D eigenvalue weighted by molar-refractivity contribution is -0.131. The number of H-pyrrole nitrogens is 1. The Bertz CT molecular complexity index is 1350. The van der Waals surface area contributed by atoms with Crippen LogP contribution in [0.3, 0.4) is 0 Å². The molecule has 3 aromatic heterocycles. The minimum absolute atomic E-state index is 0.0895. The zero-order valence-electron chi connectivity index (χ0n) is 18.9. The molecule has 1 saturated heterocycles. The number of fused-ring (bicyclic) bond motifs is 2. The van der Waals surface area contributed by atoms with Gasteiger partial charge in [-0.25, -0.2) is 9.97 Å². The number of aromatic amines is 1. The monoisotopic (exact) mass is 498 g/mol. The van der Waals surface area contributed by atoms with E-state index in [1.54, 1.807) is 22.7 Å². The van der Waals surface area contributed by atoms with Gasteiger partial charge in [0, 0.05) is 23.9 Å². The first-order chi connectivity index (χ1) is 15.9. The standard InChI is InChI=1S/C24H26N4O2S3/c1-13-14(2)32-23-20(13)21(29)26-19(27-23)12-31-15(3)24(30)28-10-8-16(9-11-28)22-25-17-6-4-5-7-18(17)33-22/h4-7,15-16H,8-12H2,1-3H3,(H,26,27,29). The molecule has 1 aromatic carbocycles. The Morgan fingerprint density at radius 3 is 2.73 bits per heavy atom. The van der Waals surface area contributed by atoms with Gasteiger partial charge in [0.1, 0.15) is 10.7 Å². The van der Waals surface area contributed by atoms with Crippen LogP contribution in [0.1, 0.15) is 47.0 Å². The van der Waals surface area contributed by atoms with Crippen molar-refractivity contribution in [3.63, 3.8) is 0 Å². The Morgan fingerprint density at radius 1 is 1.21 bits per heavy atom. The van der Waals surface area contributed by atoms with Crippen LogP contribution in [0.15, 0.2) is 29.1 Å². The summed E-state index contributed by atoms with van der Waals surface area (Å²) in [6.07, 6.45) is 1.90. The number of rotatable bonds is 5. The van der Waals surface area contributed by atoms with Gasteiger partial charge in [-0.15, -0.1) is 34.4 Å². The number of para-hydroxylation sites is 1. The molecule has 1 fully saturated rings. The van der Waals surface area contributed by atoms with Crippen molar-refractivity contribution >= 4 is 60.8 Å². The summed E-state index contributed by atoms with van der Waals surface area (Å²) in [6, 6.07) is 8.26. The molecule has 1 unspecified atom stereocenters. The molecule has 172 valence electrons. The third kappa shape index (κ3) is 4.46. The average molecular weight is 499 g/mol. The highest BCUT2D eigenvalue weighted by molar-refractivity contribution is 7.99. The SMILES string of the molecule is Cc1sc2nc(CSC(C)C(=O)N3CCC(c4nc5ccccc5s4)CC3)[nH]c(=O)c2c1C. The number of carbonyl (C=O) groups excluding carboxylic acids is 1. The van der Waals surface area contributed by atoms with Crippen LogP contribution in [0.5, 0.6) is 0 Å². The molecule has 0 bridgehead atoms. The third-order valence-corrected chi connectivity index (χ3v) is 9.81. The van der Waals surface area contributed by atoms with Crippen molar-refractivity contribution in [3.8, 4) is 0 Å². The van der Waals surface area contributed by atoms with Gasteiger partial charge in [0.15, 0.2) is 0 Å². The fourth-order valence-electron chi connectivity index (χ4n) is 4.31. The number of hydrogen-bond acceptors (Lipinski definition) is 7. The van der Waals surface area contributed by atoms with E-state index < -0.39 is 0 Å². The van der Waals surface area contributed by atoms with Gasteiger partial charge in [0.2, 0.25) is 5.91 Å². The molecule has 1 N–H and O–H groups in total. The van der Waals surface area contributed by atoms with E-state index in [0.29, 0.717) is 22.9 Å². The quantitative estimate of drug-likeness (QED) is 0.407. The number of hydrogen-bond donors (Lipinski definition) is 1. The van der Waals surface area contributed by atoms with E-state index in [-0.39, 0.29) is 16.7 Å². The zero-order chi connectivity index (χ0) is 23.1. The van der Waals surface area contributed by atoms with Crippen LogP contribution in [0.2, 0.25) is 0 Å². The first kappa shape index (κ1) is 22.6. The summed E-state index contributed by atoms with van der Waals surface area (Å²) in [5.41, 5.74) is 1.98. The molecule has 0 saturated carbocycles. The fourth-order valence-corrected chi connectivity index (χ4v) is 7.33. The second kappa shape index (κ2) is 9.19. The molecule has 1 aliphatic rings. The van der Waals surface area contributed by atoms with Crippen LogP contribution in [-0.2, 0) is 10.5 Å². The molecular weight excluding hydrogens is 472 g/mol. The van der Waals surface area contributed by atoms with E-state index in [9.17, 15) is 9.59 Å². The van der Waals surface area contributed by atoms with Gasteiger partial charge in [-0.2, -0.15) is 0 Å². The molecule has 0 aliphatic carbocycles. The van der Waals surface area contributed by atoms with E-state index in [1.165, 1.54) is 21.5 Å². The van der Waals surface area contributed by atoms with Gasteiger partial charge in [-0.3, -0.25) is 9.59 Å². The number of thiophene rings is 1. The molecule has 6 nitrogen and oxygen atoms in total. The smallest absolute Gasteiger partial charge is 0.259 e. The van der Waals surface area contributed by atoms with E-state index in [0.717, 1.165) is 46.7 Å². The summed E-state index contributed by atoms with van der Waals surface area (Å²) >= 11 is 4.86. The van der Waals surface area contributed by atoms with Crippen molar-refractivity contribution < 1.29 is 4.79 Å². The van der Waals surface area contributed by atoms with Crippen molar-refractivity contribution in [3.05, 3.63) is 55.9 Å². The second-order valence-corrected chi connectivity index (χ2v) is 12.1. The fraction of sp³-hybridized carbons (Fsp3) is 0.417. The summed E-state index contributed by atoms with van der Waals surface area (Å²) < 4.78 is 1.23. The normalized spacial score (nSPS) is 16.0. The lowest BCUT2D eigenvalue weighted by atomic mass is 9.97. The molecule has 5 rings (SSSR count). The Hall–Kier alpha value is -2.23. The molecule has 1 amide bonds. The van der Waals surface area contributed by atoms with Crippen LogP contribution in [0.25, 0.3) is 20.4 Å². The predicted molar refractivity (Wildman–Crippen MR) is 139 cm³/mol. The maximum absolute atomic E-state index is 13.0. The number of nitrogens with zero attached hydrogens (tertiary/aromatic N) is 3. The van der Waals surface area contributed by atoms with E-state index in [2.05, 4.69) is 28.2 Å². The number of thioether (sulfide) groups is 1. The topological polar surface area (TPSA) is 79.0 Å². The van der Waals surface area contributed by atoms with Crippen molar-refractivity contribution in [1.29, 1.82) is 0 Å². The molecule has 0 spiro atoms. The highest BCUT2D eigenvalue weighted by atomic mass is 32.2. The number of thiazole rings is 1. The molecule has 4 aromatic rings. The maximum Gasteiger partial charge on any atom is 0.259 e. The van der Waals surface area contributed by atoms with Gasteiger partial charge in [-0.05, 0) is 51.3 Å². The van der Waals surface area contributed by atoms with Crippen LogP contribution in [0, 0.1) is 13.8 Å². The van der Waals surface area contributed by atoms with Crippen LogP contribution < -0.4 is 5.56 Å². The Morgan fingerprint density at radius 2 is 1.97 bits per heavy atom. The van der Waals surface area contributed by atoms with Gasteiger partial charge >= 0.3 is 0 Å². The summed E-state index contributed by atoms with van der Waals surface area (Å²) in [5, 5.41) is 1.69. The van der Waals surface area contributed by atoms with Crippen LogP contribution >= 0.6 is 34.4 Å². The minimum Gasteiger partial charge on any atom is -0.342 e. The summed E-state index contributed by atoms with van der Waals surface area (Å²) in [7, 11) is 0. The Kier molecular flexibility index (Phi) is 6.28. The number of amides is 1. The lowest BCUT2D eigenvalue weighted by Gasteiger charge is -2.32. The minimum atomic E-state index is -0.184. The third-order valence-electron chi connectivity index (χ3n) is 6.37. The first-order valence-corrected chi connectivity index (χ1v) is 13.8. The molecule has 1 atom stereocenters. The summed E-state index contributed by atoms with van der Waals surface area (Å²) in [4.78, 5) is 41.7. The second-order valence-electron chi connectivity index (χ2n) is 8.55. The lowest BCUT2D eigenvalue weighted by Crippen LogP contribution is -2.41. The number of aromatic nitrogens is 3. The average Bonchev–Trinajstić information content (AvgIpc) is 3.38. The Balaban J connectivity index is 1.18. The molecular formula is C24H26N4O2S3. The van der Waals surface area contributed by atoms with Crippen molar-refractivity contribution in [2.75, 3.05) is 13.1 Å². The maximum atomic E-state index is 13.0. The number of aryl methyl sites for hydroxylation is 2. The number of benzene rings is 1. The van der Waals surface area contributed by atoms with Crippen molar-refractivity contribution in [2.24, 2.45) is 0 Å². The van der Waals surface area contributed by atoms with Gasteiger partial charge < -0.3 is 9.88 Å². The Labute approximate surface area is 204 Å². The van der Waals surface area contributed by atoms with E-state index >= 15 is 0 Å². The van der Waals surface area contributed by atoms with E-state index in [4.69, 9.17) is 4.98 Å². The molecule has 33 heavy (non-hydrogen) atoms. The molecule has 0 radical (unpaired) electrons. The van der Waals surface area contributed by atoms with Crippen molar-refractivity contribution in [2.45, 2.75) is 50.5 Å². The van der Waals surface area contributed by atoms with Crippen LogP contribution in [0.4, 0.5) is 0 Å². The van der Waals surface area contributed by atoms with Gasteiger partial charge in [0.05, 0.1) is 31.6 Å². The molecule has 1 aliphatic heterocycles. The molecule has 4 heterocycles.